The Morgan fingerprint density at radius 3 is 2.02 bits per heavy atom. The molecule has 4 unspecified atom stereocenters. The lowest BCUT2D eigenvalue weighted by Crippen LogP contribution is -2.54. The molecule has 2 aliphatic carbocycles. The summed E-state index contributed by atoms with van der Waals surface area (Å²) in [4.78, 5) is 80.5. The molecule has 2 saturated carbocycles. The lowest BCUT2D eigenvalue weighted by molar-refractivity contribution is -0.158. The van der Waals surface area contributed by atoms with E-state index in [1.54, 1.807) is 65.0 Å². The van der Waals surface area contributed by atoms with Gasteiger partial charge in [0.2, 0.25) is 15.9 Å². The maximum absolute atomic E-state index is 14.2. The third-order valence-corrected chi connectivity index (χ3v) is 11.9. The Kier molecular flexibility index (Phi) is 13.2. The van der Waals surface area contributed by atoms with Crippen LogP contribution in [0.1, 0.15) is 107 Å². The van der Waals surface area contributed by atoms with Gasteiger partial charge < -0.3 is 19.5 Å². The van der Waals surface area contributed by atoms with Crippen molar-refractivity contribution in [2.45, 2.75) is 125 Å². The zero-order valence-corrected chi connectivity index (χ0v) is 33.0. The van der Waals surface area contributed by atoms with Crippen molar-refractivity contribution < 1.29 is 51.4 Å². The van der Waals surface area contributed by atoms with Gasteiger partial charge in [-0.3, -0.25) is 24.0 Å². The van der Waals surface area contributed by atoms with E-state index in [-0.39, 0.29) is 31.1 Å². The Morgan fingerprint density at radius 2 is 1.52 bits per heavy atom. The Bertz CT molecular complexity index is 1620. The van der Waals surface area contributed by atoms with Crippen molar-refractivity contribution >= 4 is 45.5 Å². The largest absolute Gasteiger partial charge is 0.461 e. The molecular weight excluding hydrogens is 692 g/mol. The summed E-state index contributed by atoms with van der Waals surface area (Å²) < 4.78 is 45.0. The fraction of sp³-hybridized carbons (Fsp3) is 0.684. The van der Waals surface area contributed by atoms with E-state index in [0.717, 1.165) is 0 Å². The molecule has 2 aliphatic rings. The molecule has 52 heavy (non-hydrogen) atoms. The number of ether oxygens (including phenoxy) is 3. The molecule has 0 aromatic heterocycles. The Labute approximate surface area is 307 Å². The molecule has 14 heteroatoms. The monoisotopic (exact) mass is 748 g/mol. The van der Waals surface area contributed by atoms with Gasteiger partial charge in [0.25, 0.3) is 0 Å². The molecule has 0 spiro atoms. The molecule has 2 bridgehead atoms. The van der Waals surface area contributed by atoms with Crippen LogP contribution < -0.4 is 5.32 Å². The first kappa shape index (κ1) is 42.6. The summed E-state index contributed by atoms with van der Waals surface area (Å²) in [5.74, 6) is -5.60. The smallest absolute Gasteiger partial charge is 0.424 e. The van der Waals surface area contributed by atoms with Gasteiger partial charge in [-0.1, -0.05) is 58.0 Å². The third kappa shape index (κ3) is 10.6. The molecule has 1 aromatic carbocycles. The Morgan fingerprint density at radius 1 is 0.923 bits per heavy atom. The van der Waals surface area contributed by atoms with E-state index >= 15 is 0 Å². The molecule has 3 rings (SSSR count). The maximum atomic E-state index is 14.2. The SMILES string of the molecule is CC(C)C(CC(=O)OC(C)(C)C)C(=O)NC(CC(=O)OCc1ccccc1)C(=O)CN(C(=O)OC(C)(C)C)S(=O)(=O)CC12CCC(CC1=O)C2(C)C. The molecular formula is C38H56N2O11S. The number of nitrogens with one attached hydrogen (secondary N) is 1. The van der Waals surface area contributed by atoms with Crippen LogP contribution in [0.15, 0.2) is 30.3 Å². The van der Waals surface area contributed by atoms with Gasteiger partial charge >= 0.3 is 18.0 Å². The lowest BCUT2D eigenvalue weighted by Gasteiger charge is -2.37. The average Bonchev–Trinajstić information content (AvgIpc) is 3.33. The van der Waals surface area contributed by atoms with Gasteiger partial charge in [0.15, 0.2) is 5.78 Å². The van der Waals surface area contributed by atoms with Gasteiger partial charge in [-0.15, -0.1) is 0 Å². The number of amides is 2. The first-order valence-electron chi connectivity index (χ1n) is 17.8. The molecule has 2 amide bonds. The average molecular weight is 749 g/mol. The molecule has 0 heterocycles. The number of benzene rings is 1. The van der Waals surface area contributed by atoms with Crippen molar-refractivity contribution in [2.24, 2.45) is 28.6 Å². The first-order valence-corrected chi connectivity index (χ1v) is 19.4. The van der Waals surface area contributed by atoms with Crippen molar-refractivity contribution in [2.75, 3.05) is 12.3 Å². The minimum atomic E-state index is -4.69. The van der Waals surface area contributed by atoms with Crippen LogP contribution in [0.2, 0.25) is 0 Å². The number of sulfonamides is 1. The number of fused-ring (bicyclic) bond motifs is 2. The second-order valence-corrected chi connectivity index (χ2v) is 18.8. The minimum absolute atomic E-state index is 0.0112. The van der Waals surface area contributed by atoms with E-state index in [1.807, 2.05) is 13.8 Å². The van der Waals surface area contributed by atoms with E-state index in [4.69, 9.17) is 14.2 Å². The number of Topliss-reactive ketones (excluding diaryl/α,β-unsaturated/α-hetero) is 2. The molecule has 1 N–H and O–H groups in total. The topological polar surface area (TPSA) is 180 Å². The normalized spacial score (nSPS) is 20.9. The Balaban J connectivity index is 1.95. The summed E-state index contributed by atoms with van der Waals surface area (Å²) in [6.07, 6.45) is -1.16. The van der Waals surface area contributed by atoms with Crippen molar-refractivity contribution in [1.29, 1.82) is 0 Å². The number of rotatable bonds is 15. The molecule has 0 saturated heterocycles. The van der Waals surface area contributed by atoms with Crippen molar-refractivity contribution in [1.82, 2.24) is 9.62 Å². The van der Waals surface area contributed by atoms with Crippen LogP contribution in [0.25, 0.3) is 0 Å². The van der Waals surface area contributed by atoms with Crippen LogP contribution >= 0.6 is 0 Å². The zero-order chi connectivity index (χ0) is 39.4. The van der Waals surface area contributed by atoms with Gasteiger partial charge in [0, 0.05) is 6.42 Å². The standard InChI is InChI=1S/C38H56N2O11S/c1-24(2)27(19-32(44)50-35(3,4)5)33(45)39-28(20-31(43)49-22-25-14-12-11-13-15-25)29(41)21-40(34(46)51-36(6,7)8)52(47,48)23-38-17-16-26(18-30(38)42)37(38,9)10/h11-15,24,26-28H,16-23H2,1-10H3,(H,39,45). The van der Waals surface area contributed by atoms with E-state index in [9.17, 15) is 37.2 Å². The molecule has 1 aromatic rings. The molecule has 290 valence electrons. The number of hydrogen-bond acceptors (Lipinski definition) is 11. The van der Waals surface area contributed by atoms with E-state index in [1.165, 1.54) is 20.8 Å². The van der Waals surface area contributed by atoms with Crippen LogP contribution in [0.4, 0.5) is 4.79 Å². The van der Waals surface area contributed by atoms with Crippen LogP contribution in [-0.2, 0) is 54.8 Å². The predicted octanol–water partition coefficient (Wildman–Crippen LogP) is 5.14. The van der Waals surface area contributed by atoms with Crippen LogP contribution in [-0.4, -0.2) is 77.8 Å². The van der Waals surface area contributed by atoms with Gasteiger partial charge in [0.1, 0.15) is 30.1 Å². The summed E-state index contributed by atoms with van der Waals surface area (Å²) in [5.41, 5.74) is -3.24. The highest BCUT2D eigenvalue weighted by molar-refractivity contribution is 7.89. The molecule has 4 atom stereocenters. The second-order valence-electron chi connectivity index (χ2n) is 16.9. The summed E-state index contributed by atoms with van der Waals surface area (Å²) >= 11 is 0. The van der Waals surface area contributed by atoms with Crippen molar-refractivity contribution in [3.8, 4) is 0 Å². The van der Waals surface area contributed by atoms with E-state index in [0.29, 0.717) is 22.7 Å². The molecule has 0 radical (unpaired) electrons. The third-order valence-electron chi connectivity index (χ3n) is 10.1. The van der Waals surface area contributed by atoms with Crippen LogP contribution in [0.3, 0.4) is 0 Å². The van der Waals surface area contributed by atoms with Gasteiger partial charge in [-0.2, -0.15) is 4.31 Å². The summed E-state index contributed by atoms with van der Waals surface area (Å²) in [5, 5.41) is 2.53. The lowest BCUT2D eigenvalue weighted by atomic mass is 9.70. The number of carbonyl (C=O) groups excluding carboxylic acids is 6. The van der Waals surface area contributed by atoms with Crippen LogP contribution in [0, 0.1) is 28.6 Å². The summed E-state index contributed by atoms with van der Waals surface area (Å²) in [6, 6.07) is 7.10. The molecule has 2 fully saturated rings. The summed E-state index contributed by atoms with van der Waals surface area (Å²) in [6.45, 7) is 15.5. The van der Waals surface area contributed by atoms with Gasteiger partial charge in [-0.25, -0.2) is 13.2 Å². The van der Waals surface area contributed by atoms with E-state index < -0.39 is 98.4 Å². The highest BCUT2D eigenvalue weighted by Crippen LogP contribution is 2.64. The van der Waals surface area contributed by atoms with Gasteiger partial charge in [0.05, 0.1) is 36.0 Å². The maximum Gasteiger partial charge on any atom is 0.424 e. The van der Waals surface area contributed by atoms with Crippen LogP contribution in [0.5, 0.6) is 0 Å². The number of nitrogens with zero attached hydrogens (tertiary/aromatic N) is 1. The number of esters is 2. The molecule has 13 nitrogen and oxygen atoms in total. The number of hydrogen-bond donors (Lipinski definition) is 1. The van der Waals surface area contributed by atoms with Crippen molar-refractivity contribution in [3.05, 3.63) is 35.9 Å². The number of ketones is 2. The first-order chi connectivity index (χ1) is 23.8. The highest BCUT2D eigenvalue weighted by atomic mass is 32.2. The summed E-state index contributed by atoms with van der Waals surface area (Å²) in [7, 11) is -4.69. The quantitative estimate of drug-likeness (QED) is 0.185. The van der Waals surface area contributed by atoms with Crippen molar-refractivity contribution in [3.63, 3.8) is 0 Å². The predicted molar refractivity (Wildman–Crippen MR) is 192 cm³/mol. The Hall–Kier alpha value is -3.81. The fourth-order valence-corrected chi connectivity index (χ4v) is 9.06. The van der Waals surface area contributed by atoms with Gasteiger partial charge in [-0.05, 0) is 77.2 Å². The minimum Gasteiger partial charge on any atom is -0.461 e. The highest BCUT2D eigenvalue weighted by Gasteiger charge is 2.66. The number of carbonyl (C=O) groups is 6. The van der Waals surface area contributed by atoms with E-state index in [2.05, 4.69) is 5.32 Å². The molecule has 0 aliphatic heterocycles. The zero-order valence-electron chi connectivity index (χ0n) is 32.2. The second kappa shape index (κ2) is 16.1. The fourth-order valence-electron chi connectivity index (χ4n) is 7.02.